The van der Waals surface area contributed by atoms with E-state index < -0.39 is 52.6 Å². The molecular formula is C56H65ClF4N8O6. The predicted molar refractivity (Wildman–Crippen MR) is 277 cm³/mol. The number of primary amides is 1. The van der Waals surface area contributed by atoms with E-state index in [2.05, 4.69) is 32.5 Å². The number of nitrogens with zero attached hydrogens (tertiary/aromatic N) is 5. The number of aliphatic hydroxyl groups excluding tert-OH is 1. The Hall–Kier alpha value is -5.79. The summed E-state index contributed by atoms with van der Waals surface area (Å²) < 4.78 is 78.2. The summed E-state index contributed by atoms with van der Waals surface area (Å²) in [6.07, 6.45) is 7.46. The Kier molecular flexibility index (Phi) is 15.0. The summed E-state index contributed by atoms with van der Waals surface area (Å²) in [5, 5.41) is 19.7. The van der Waals surface area contributed by atoms with Gasteiger partial charge in [-0.1, -0.05) is 55.8 Å². The second-order valence-corrected chi connectivity index (χ2v) is 22.1. The molecule has 4 fully saturated rings. The van der Waals surface area contributed by atoms with Gasteiger partial charge in [-0.2, -0.15) is 5.10 Å². The van der Waals surface area contributed by atoms with Crippen molar-refractivity contribution in [3.63, 3.8) is 0 Å². The highest BCUT2D eigenvalue weighted by molar-refractivity contribution is 6.34. The first-order valence-corrected chi connectivity index (χ1v) is 26.6. The van der Waals surface area contributed by atoms with Gasteiger partial charge >= 0.3 is 6.03 Å². The zero-order chi connectivity index (χ0) is 52.9. The summed E-state index contributed by atoms with van der Waals surface area (Å²) >= 11 is 6.74. The monoisotopic (exact) mass is 1060 g/mol. The van der Waals surface area contributed by atoms with E-state index in [4.69, 9.17) is 26.8 Å². The van der Waals surface area contributed by atoms with Gasteiger partial charge in [-0.15, -0.1) is 0 Å². The highest BCUT2D eigenvalue weighted by Crippen LogP contribution is 2.57. The Morgan fingerprint density at radius 2 is 1.63 bits per heavy atom. The van der Waals surface area contributed by atoms with E-state index in [-0.39, 0.29) is 99.1 Å². The van der Waals surface area contributed by atoms with Crippen LogP contribution in [0.4, 0.5) is 28.2 Å². The number of likely N-dealkylation sites (tertiary alicyclic amines) is 2. The third kappa shape index (κ3) is 10.1. The van der Waals surface area contributed by atoms with E-state index in [9.17, 15) is 19.5 Å². The maximum Gasteiger partial charge on any atom is 0.329 e. The van der Waals surface area contributed by atoms with E-state index in [0.717, 1.165) is 83.4 Å². The van der Waals surface area contributed by atoms with Gasteiger partial charge in [0.1, 0.15) is 29.5 Å². The van der Waals surface area contributed by atoms with Crippen molar-refractivity contribution in [2.24, 2.45) is 24.1 Å². The fourth-order valence-electron chi connectivity index (χ4n) is 12.8. The number of amides is 4. The summed E-state index contributed by atoms with van der Waals surface area (Å²) in [6.45, 7) is 9.67. The largest absolute Gasteiger partial charge is 0.488 e. The molecule has 1 saturated carbocycles. The number of benzene rings is 4. The zero-order valence-corrected chi connectivity index (χ0v) is 43.4. The molecule has 1 aromatic heterocycles. The number of urea groups is 1. The number of imide groups is 1. The number of nitrogens with one attached hydrogen (secondary N) is 2. The lowest BCUT2D eigenvalue weighted by Gasteiger charge is -2.44. The van der Waals surface area contributed by atoms with Crippen molar-refractivity contribution in [3.05, 3.63) is 105 Å². The van der Waals surface area contributed by atoms with Gasteiger partial charge in [0.15, 0.2) is 28.8 Å². The number of carbonyl (C=O) groups excluding carboxylic acids is 3. The van der Waals surface area contributed by atoms with Crippen molar-refractivity contribution < 1.29 is 46.5 Å². The minimum Gasteiger partial charge on any atom is -0.488 e. The van der Waals surface area contributed by atoms with E-state index in [1.54, 1.807) is 7.05 Å². The highest BCUT2D eigenvalue weighted by Gasteiger charge is 2.50. The van der Waals surface area contributed by atoms with Gasteiger partial charge < -0.3 is 35.4 Å². The average Bonchev–Trinajstić information content (AvgIpc) is 3.93. The number of hydrogen-bond donors (Lipinski definition) is 4. The van der Waals surface area contributed by atoms with Crippen LogP contribution in [0.3, 0.4) is 0 Å². The zero-order valence-electron chi connectivity index (χ0n) is 42.6. The summed E-state index contributed by atoms with van der Waals surface area (Å²) in [5.74, 6) is -4.63. The summed E-state index contributed by atoms with van der Waals surface area (Å²) in [5.41, 5.74) is 5.79. The van der Waals surface area contributed by atoms with Crippen molar-refractivity contribution >= 4 is 46.2 Å². The fourth-order valence-corrected chi connectivity index (χ4v) is 13.0. The molecule has 2 atom stereocenters. The topological polar surface area (TPSA) is 168 Å². The number of hydrogen-bond acceptors (Lipinski definition) is 10. The van der Waals surface area contributed by atoms with Crippen LogP contribution in [0.1, 0.15) is 111 Å². The number of ether oxygens (including phenoxy) is 2. The number of piperidine rings is 2. The number of aromatic nitrogens is 2. The molecule has 4 amide bonds. The van der Waals surface area contributed by atoms with Gasteiger partial charge in [0.25, 0.3) is 0 Å². The van der Waals surface area contributed by atoms with Crippen LogP contribution in [0.2, 0.25) is 5.02 Å². The second-order valence-electron chi connectivity index (χ2n) is 21.7. The Morgan fingerprint density at radius 3 is 2.31 bits per heavy atom. The van der Waals surface area contributed by atoms with Crippen molar-refractivity contribution in [2.75, 3.05) is 70.5 Å². The van der Waals surface area contributed by atoms with E-state index in [1.807, 2.05) is 37.3 Å². The number of carbonyl (C=O) groups is 3. The third-order valence-electron chi connectivity index (χ3n) is 16.9. The molecule has 0 spiro atoms. The molecule has 0 radical (unpaired) electrons. The number of halogens is 5. The maximum absolute atomic E-state index is 16.5. The van der Waals surface area contributed by atoms with Gasteiger partial charge in [0, 0.05) is 79.9 Å². The number of rotatable bonds is 15. The van der Waals surface area contributed by atoms with Crippen LogP contribution in [0.25, 0.3) is 22.0 Å². The molecule has 5 aliphatic rings. The van der Waals surface area contributed by atoms with Crippen LogP contribution in [0, 0.1) is 34.6 Å². The standard InChI is InChI=1S/C56H65ClF4N8O6/c1-32-44-42(28-40(59)48(57)47(44)46-37(52(62)72)9-10-41(49(46)60)74-26-25-70)75-56(32,35-7-5-4-6-8-35)30-63-36-11-18-55(2,19-12-36)31-68-20-13-33(14-21-68)29-67-22-15-34(16-23-67)45-39(58)27-38-51(50(45)61)66(3)65-53(38)69-24-17-43(71)64-54(69)73/h4-10,27-28,32-34,36,63,70H,11-26,29-31H2,1-3H3,(H2,62,72)(H,64,71,73). The van der Waals surface area contributed by atoms with Crippen LogP contribution in [-0.2, 0) is 17.4 Å². The Bertz CT molecular complexity index is 2990. The van der Waals surface area contributed by atoms with Crippen LogP contribution in [-0.4, -0.2) is 114 Å². The van der Waals surface area contributed by atoms with E-state index >= 15 is 17.6 Å². The average molecular weight is 1060 g/mol. The van der Waals surface area contributed by atoms with Crippen molar-refractivity contribution in [1.29, 1.82) is 0 Å². The second kappa shape index (κ2) is 21.3. The van der Waals surface area contributed by atoms with Gasteiger partial charge in [-0.25, -0.2) is 22.4 Å². The van der Waals surface area contributed by atoms with Crippen molar-refractivity contribution in [2.45, 2.75) is 95.1 Å². The van der Waals surface area contributed by atoms with Gasteiger partial charge in [-0.05, 0) is 119 Å². The fraction of sp³-hybridized carbons (Fsp3) is 0.500. The van der Waals surface area contributed by atoms with Crippen molar-refractivity contribution in [3.8, 4) is 22.6 Å². The molecular weight excluding hydrogens is 992 g/mol. The molecule has 19 heteroatoms. The molecule has 5 N–H and O–H groups in total. The van der Waals surface area contributed by atoms with Crippen LogP contribution < -0.4 is 30.7 Å². The minimum absolute atomic E-state index is 0.0351. The molecule has 4 aromatic carbocycles. The summed E-state index contributed by atoms with van der Waals surface area (Å²) in [7, 11) is 1.58. The molecule has 14 nitrogen and oxygen atoms in total. The third-order valence-corrected chi connectivity index (χ3v) is 17.3. The van der Waals surface area contributed by atoms with E-state index in [1.165, 1.54) is 33.8 Å². The number of aryl methyl sites for hydroxylation is 1. The molecule has 0 bridgehead atoms. The van der Waals surface area contributed by atoms with Gasteiger partial charge in [-0.3, -0.25) is 24.5 Å². The van der Waals surface area contributed by atoms with Gasteiger partial charge in [0.2, 0.25) is 11.8 Å². The lowest BCUT2D eigenvalue weighted by molar-refractivity contribution is -0.120. The Labute approximate surface area is 438 Å². The SMILES string of the molecule is CC1c2c(cc(F)c(Cl)c2-c2c(C(N)=O)ccc(OCCO)c2F)OC1(CNC1CCC(C)(CN2CCC(CN3CCC(c4c(F)cc5c(N6CCC(=O)NC6=O)nn(C)c5c4F)CC3)CC2)CC1)c1ccccc1. The summed E-state index contributed by atoms with van der Waals surface area (Å²) in [6, 6.07) is 14.2. The van der Waals surface area contributed by atoms with Crippen LogP contribution in [0.15, 0.2) is 54.6 Å². The molecule has 4 aliphatic heterocycles. The van der Waals surface area contributed by atoms with Crippen LogP contribution in [0.5, 0.6) is 11.5 Å². The first-order chi connectivity index (χ1) is 36.0. The molecule has 1 aliphatic carbocycles. The quantitative estimate of drug-likeness (QED) is 0.0744. The first kappa shape index (κ1) is 52.6. The summed E-state index contributed by atoms with van der Waals surface area (Å²) in [4.78, 5) is 43.4. The first-order valence-electron chi connectivity index (χ1n) is 26.3. The molecule has 2 unspecified atom stereocenters. The minimum atomic E-state index is -1.07. The van der Waals surface area contributed by atoms with Gasteiger partial charge in [0.05, 0.1) is 22.6 Å². The molecule has 400 valence electrons. The number of nitrogens with two attached hydrogens (primary N) is 1. The lowest BCUT2D eigenvalue weighted by Crippen LogP contribution is -2.50. The molecule has 5 heterocycles. The number of anilines is 1. The smallest absolute Gasteiger partial charge is 0.329 e. The maximum atomic E-state index is 16.5. The molecule has 5 aromatic rings. The number of aliphatic hydroxyl groups is 1. The Morgan fingerprint density at radius 1 is 0.920 bits per heavy atom. The normalized spacial score (nSPS) is 24.1. The molecule has 75 heavy (non-hydrogen) atoms. The lowest BCUT2D eigenvalue weighted by atomic mass is 9.72. The van der Waals surface area contributed by atoms with E-state index in [0.29, 0.717) is 30.9 Å². The Balaban J connectivity index is 0.739. The van der Waals surface area contributed by atoms with Crippen molar-refractivity contribution in [1.82, 2.24) is 30.2 Å². The highest BCUT2D eigenvalue weighted by atomic mass is 35.5. The predicted octanol–water partition coefficient (Wildman–Crippen LogP) is 8.89. The van der Waals surface area contributed by atoms with Crippen LogP contribution >= 0.6 is 11.6 Å². The molecule has 3 saturated heterocycles. The molecule has 10 rings (SSSR count). The number of fused-ring (bicyclic) bond motifs is 2.